The van der Waals surface area contributed by atoms with Crippen molar-refractivity contribution in [1.29, 1.82) is 0 Å². The molecule has 2 N–H and O–H groups in total. The van der Waals surface area contributed by atoms with Crippen LogP contribution in [-0.2, 0) is 13.0 Å². The van der Waals surface area contributed by atoms with Crippen LogP contribution in [0.1, 0.15) is 48.4 Å². The van der Waals surface area contributed by atoms with Crippen molar-refractivity contribution in [3.05, 3.63) is 17.0 Å². The van der Waals surface area contributed by atoms with E-state index in [4.69, 9.17) is 0 Å². The van der Waals surface area contributed by atoms with Crippen LogP contribution >= 0.6 is 0 Å². The van der Waals surface area contributed by atoms with Crippen molar-refractivity contribution in [2.75, 3.05) is 13.1 Å². The van der Waals surface area contributed by atoms with Crippen molar-refractivity contribution in [2.24, 2.45) is 0 Å². The second-order valence-corrected chi connectivity index (χ2v) is 5.83. The van der Waals surface area contributed by atoms with Crippen LogP contribution in [0.4, 0.5) is 0 Å². The molecule has 0 unspecified atom stereocenters. The van der Waals surface area contributed by atoms with Gasteiger partial charge in [0, 0.05) is 42.9 Å². The minimum absolute atomic E-state index is 0.0367. The molecule has 5 heteroatoms. The number of aromatic amines is 1. The van der Waals surface area contributed by atoms with Crippen LogP contribution < -0.4 is 5.32 Å². The van der Waals surface area contributed by atoms with Crippen molar-refractivity contribution in [1.82, 2.24) is 20.4 Å². The van der Waals surface area contributed by atoms with E-state index in [1.165, 1.54) is 0 Å². The Balaban J connectivity index is 1.91. The van der Waals surface area contributed by atoms with E-state index >= 15 is 0 Å². The van der Waals surface area contributed by atoms with Crippen LogP contribution in [0, 0.1) is 0 Å². The van der Waals surface area contributed by atoms with E-state index in [1.807, 2.05) is 4.90 Å². The molecule has 0 atom stereocenters. The largest absolute Gasteiger partial charge is 0.332 e. The van der Waals surface area contributed by atoms with E-state index in [0.29, 0.717) is 5.69 Å². The summed E-state index contributed by atoms with van der Waals surface area (Å²) in [6.45, 7) is 6.82. The molecule has 98 valence electrons. The Bertz CT molecular complexity index is 477. The summed E-state index contributed by atoms with van der Waals surface area (Å²) in [5.41, 5.74) is 2.76. The Hall–Kier alpha value is -1.36. The highest BCUT2D eigenvalue weighted by Crippen LogP contribution is 2.30. The fourth-order valence-electron chi connectivity index (χ4n) is 3.01. The number of carbonyl (C=O) groups excluding carboxylic acids is 1. The van der Waals surface area contributed by atoms with Gasteiger partial charge in [-0.05, 0) is 26.7 Å². The summed E-state index contributed by atoms with van der Waals surface area (Å²) in [6, 6.07) is 0. The Morgan fingerprint density at radius 3 is 3.00 bits per heavy atom. The number of likely N-dealkylation sites (tertiary alicyclic amines) is 1. The summed E-state index contributed by atoms with van der Waals surface area (Å²) >= 11 is 0. The normalized spacial score (nSPS) is 22.0. The average molecular weight is 248 g/mol. The summed E-state index contributed by atoms with van der Waals surface area (Å²) in [4.78, 5) is 14.6. The first-order chi connectivity index (χ1) is 8.59. The lowest BCUT2D eigenvalue weighted by atomic mass is 10.0. The van der Waals surface area contributed by atoms with Gasteiger partial charge in [0.05, 0.1) is 0 Å². The van der Waals surface area contributed by atoms with Crippen molar-refractivity contribution in [3.8, 4) is 0 Å². The van der Waals surface area contributed by atoms with Crippen molar-refractivity contribution in [3.63, 3.8) is 0 Å². The second-order valence-electron chi connectivity index (χ2n) is 5.83. The molecule has 0 radical (unpaired) electrons. The first-order valence-electron chi connectivity index (χ1n) is 6.68. The first kappa shape index (κ1) is 11.7. The fraction of sp³-hybridized carbons (Fsp3) is 0.692. The number of fused-ring (bicyclic) bond motifs is 1. The summed E-state index contributed by atoms with van der Waals surface area (Å²) in [5, 5.41) is 10.6. The van der Waals surface area contributed by atoms with Crippen molar-refractivity contribution in [2.45, 2.75) is 45.2 Å². The van der Waals surface area contributed by atoms with Gasteiger partial charge < -0.3 is 10.2 Å². The van der Waals surface area contributed by atoms with E-state index in [9.17, 15) is 4.79 Å². The van der Waals surface area contributed by atoms with E-state index in [2.05, 4.69) is 29.4 Å². The van der Waals surface area contributed by atoms with Gasteiger partial charge in [0.15, 0.2) is 5.69 Å². The number of rotatable bonds is 1. The summed E-state index contributed by atoms with van der Waals surface area (Å²) < 4.78 is 0. The summed E-state index contributed by atoms with van der Waals surface area (Å²) in [6.07, 6.45) is 3.09. The predicted octanol–water partition coefficient (Wildman–Crippen LogP) is 1.07. The van der Waals surface area contributed by atoms with E-state index in [1.54, 1.807) is 0 Å². The molecule has 1 saturated heterocycles. The molecule has 3 rings (SSSR count). The number of hydrogen-bond donors (Lipinski definition) is 2. The number of H-pyrrole nitrogens is 1. The van der Waals surface area contributed by atoms with Crippen LogP contribution in [0.5, 0.6) is 0 Å². The zero-order valence-electron chi connectivity index (χ0n) is 11.0. The quantitative estimate of drug-likeness (QED) is 0.781. The van der Waals surface area contributed by atoms with Crippen LogP contribution in [-0.4, -0.2) is 39.6 Å². The molecule has 1 amide bonds. The molecule has 0 spiro atoms. The molecular formula is C13H20N4O. The number of hydrogen-bond acceptors (Lipinski definition) is 3. The number of carbonyl (C=O) groups is 1. The Labute approximate surface area is 107 Å². The van der Waals surface area contributed by atoms with E-state index in [-0.39, 0.29) is 11.4 Å². The lowest BCUT2D eigenvalue weighted by Gasteiger charge is -2.31. The number of amides is 1. The fourth-order valence-corrected chi connectivity index (χ4v) is 3.01. The Morgan fingerprint density at radius 1 is 1.44 bits per heavy atom. The SMILES string of the molecule is CC1(C)CCCN1C(=O)c1n[nH]c2c1CNCC2. The third-order valence-corrected chi connectivity index (χ3v) is 4.16. The lowest BCUT2D eigenvalue weighted by molar-refractivity contribution is 0.0644. The maximum atomic E-state index is 12.6. The highest BCUT2D eigenvalue weighted by molar-refractivity contribution is 5.94. The van der Waals surface area contributed by atoms with Gasteiger partial charge in [0.1, 0.15) is 0 Å². The molecule has 18 heavy (non-hydrogen) atoms. The molecule has 1 aromatic rings. The minimum atomic E-state index is -0.0367. The molecule has 5 nitrogen and oxygen atoms in total. The lowest BCUT2D eigenvalue weighted by Crippen LogP contribution is -2.43. The molecule has 0 aromatic carbocycles. The molecule has 0 bridgehead atoms. The van der Waals surface area contributed by atoms with Crippen LogP contribution in [0.25, 0.3) is 0 Å². The standard InChI is InChI=1S/C13H20N4O/c1-13(2)5-3-7-17(13)12(18)11-9-8-14-6-4-10(9)15-16-11/h14H,3-8H2,1-2H3,(H,15,16). The maximum Gasteiger partial charge on any atom is 0.275 e. The highest BCUT2D eigenvalue weighted by atomic mass is 16.2. The van der Waals surface area contributed by atoms with Crippen LogP contribution in [0.15, 0.2) is 0 Å². The topological polar surface area (TPSA) is 61.0 Å². The zero-order valence-corrected chi connectivity index (χ0v) is 11.0. The highest BCUT2D eigenvalue weighted by Gasteiger charge is 2.37. The van der Waals surface area contributed by atoms with E-state index in [0.717, 1.165) is 50.2 Å². The van der Waals surface area contributed by atoms with Gasteiger partial charge in [0.2, 0.25) is 0 Å². The van der Waals surface area contributed by atoms with Gasteiger partial charge in [-0.1, -0.05) is 0 Å². The average Bonchev–Trinajstić information content (AvgIpc) is 2.91. The van der Waals surface area contributed by atoms with Crippen molar-refractivity contribution < 1.29 is 4.79 Å². The molecule has 0 aliphatic carbocycles. The summed E-state index contributed by atoms with van der Waals surface area (Å²) in [7, 11) is 0. The number of aromatic nitrogens is 2. The monoisotopic (exact) mass is 248 g/mol. The second kappa shape index (κ2) is 4.09. The van der Waals surface area contributed by atoms with E-state index < -0.39 is 0 Å². The Kier molecular flexibility index (Phi) is 2.66. The third kappa shape index (κ3) is 1.73. The third-order valence-electron chi connectivity index (χ3n) is 4.16. The minimum Gasteiger partial charge on any atom is -0.332 e. The van der Waals surface area contributed by atoms with Crippen molar-refractivity contribution >= 4 is 5.91 Å². The van der Waals surface area contributed by atoms with Gasteiger partial charge in [-0.25, -0.2) is 0 Å². The van der Waals surface area contributed by atoms with Gasteiger partial charge in [-0.15, -0.1) is 0 Å². The predicted molar refractivity (Wildman–Crippen MR) is 68.3 cm³/mol. The number of nitrogens with zero attached hydrogens (tertiary/aromatic N) is 2. The van der Waals surface area contributed by atoms with Gasteiger partial charge in [0.25, 0.3) is 5.91 Å². The summed E-state index contributed by atoms with van der Waals surface area (Å²) in [5.74, 6) is 0.0821. The van der Waals surface area contributed by atoms with Gasteiger partial charge in [-0.2, -0.15) is 5.10 Å². The molecule has 0 saturated carbocycles. The smallest absolute Gasteiger partial charge is 0.275 e. The number of nitrogens with one attached hydrogen (secondary N) is 2. The molecule has 1 fully saturated rings. The Morgan fingerprint density at radius 2 is 2.28 bits per heavy atom. The zero-order chi connectivity index (χ0) is 12.8. The first-order valence-corrected chi connectivity index (χ1v) is 6.68. The molecular weight excluding hydrogens is 228 g/mol. The van der Waals surface area contributed by atoms with Crippen LogP contribution in [0.3, 0.4) is 0 Å². The molecule has 2 aliphatic heterocycles. The van der Waals surface area contributed by atoms with Crippen LogP contribution in [0.2, 0.25) is 0 Å². The molecule has 2 aliphatic rings. The molecule has 1 aromatic heterocycles. The maximum absolute atomic E-state index is 12.6. The van der Waals surface area contributed by atoms with Gasteiger partial charge >= 0.3 is 0 Å². The van der Waals surface area contributed by atoms with Gasteiger partial charge in [-0.3, -0.25) is 9.89 Å². The molecule has 3 heterocycles.